The Bertz CT molecular complexity index is 657. The van der Waals surface area contributed by atoms with Gasteiger partial charge >= 0.3 is 0 Å². The van der Waals surface area contributed by atoms with E-state index in [2.05, 4.69) is 39.7 Å². The van der Waals surface area contributed by atoms with Crippen LogP contribution in [0.5, 0.6) is 5.88 Å². The zero-order valence-electron chi connectivity index (χ0n) is 12.4. The Morgan fingerprint density at radius 3 is 2.86 bits per heavy atom. The average Bonchev–Trinajstić information content (AvgIpc) is 2.51. The fourth-order valence-corrected chi connectivity index (χ4v) is 2.82. The third kappa shape index (κ3) is 2.69. The van der Waals surface area contributed by atoms with E-state index in [0.717, 1.165) is 24.8 Å². The molecule has 2 aromatic rings. The number of nitrogens with one attached hydrogen (secondary N) is 1. The normalized spacial score (nSPS) is 17.2. The van der Waals surface area contributed by atoms with E-state index in [4.69, 9.17) is 10.6 Å². The number of nitrogens with two attached hydrogens (primary N) is 1. The van der Waals surface area contributed by atoms with Crippen molar-refractivity contribution in [3.8, 4) is 5.88 Å². The molecule has 1 aliphatic carbocycles. The van der Waals surface area contributed by atoms with E-state index in [1.54, 1.807) is 0 Å². The molecule has 3 rings (SSSR count). The Hall–Kier alpha value is -2.14. The highest BCUT2D eigenvalue weighted by atomic mass is 16.5. The molecule has 1 aliphatic rings. The Morgan fingerprint density at radius 2 is 2.05 bits per heavy atom. The Balaban J connectivity index is 1.93. The van der Waals surface area contributed by atoms with Crippen molar-refractivity contribution in [3.05, 3.63) is 46.8 Å². The monoisotopic (exact) mass is 284 g/mol. The summed E-state index contributed by atoms with van der Waals surface area (Å²) in [5.41, 5.74) is 6.08. The van der Waals surface area contributed by atoms with Crippen molar-refractivity contribution in [1.29, 1.82) is 0 Å². The van der Waals surface area contributed by atoms with Crippen molar-refractivity contribution < 1.29 is 4.74 Å². The molecule has 1 atom stereocenters. The molecule has 0 saturated carbocycles. The maximum atomic E-state index is 6.19. The minimum absolute atomic E-state index is 0.0496. The maximum Gasteiger partial charge on any atom is 0.222 e. The first-order chi connectivity index (χ1) is 10.2. The summed E-state index contributed by atoms with van der Waals surface area (Å²) in [5, 5.41) is 0. The highest BCUT2D eigenvalue weighted by Gasteiger charge is 2.23. The van der Waals surface area contributed by atoms with Gasteiger partial charge in [0, 0.05) is 0 Å². The fraction of sp³-hybridized carbons (Fsp3) is 0.375. The first-order valence-corrected chi connectivity index (χ1v) is 7.25. The van der Waals surface area contributed by atoms with Crippen molar-refractivity contribution in [2.24, 2.45) is 5.84 Å². The molecular weight excluding hydrogens is 264 g/mol. The molecule has 0 bridgehead atoms. The number of nitrogens with zero attached hydrogens (tertiary/aromatic N) is 2. The van der Waals surface area contributed by atoms with E-state index in [-0.39, 0.29) is 6.10 Å². The molecule has 0 fully saturated rings. The molecule has 3 N–H and O–H groups in total. The Morgan fingerprint density at radius 1 is 1.24 bits per heavy atom. The lowest BCUT2D eigenvalue weighted by atomic mass is 9.89. The molecule has 0 saturated heterocycles. The van der Waals surface area contributed by atoms with E-state index in [0.29, 0.717) is 17.5 Å². The largest absolute Gasteiger partial charge is 0.469 e. The van der Waals surface area contributed by atoms with Crippen molar-refractivity contribution in [2.45, 2.75) is 39.2 Å². The molecule has 0 radical (unpaired) electrons. The summed E-state index contributed by atoms with van der Waals surface area (Å²) in [4.78, 5) is 8.68. The van der Waals surface area contributed by atoms with Crippen LogP contribution in [0, 0.1) is 13.8 Å². The predicted molar refractivity (Wildman–Crippen MR) is 82.1 cm³/mol. The van der Waals surface area contributed by atoms with Crippen LogP contribution in [0.2, 0.25) is 0 Å². The summed E-state index contributed by atoms with van der Waals surface area (Å²) in [5.74, 6) is 7.37. The quantitative estimate of drug-likeness (QED) is 0.669. The van der Waals surface area contributed by atoms with E-state index in [9.17, 15) is 0 Å². The van der Waals surface area contributed by atoms with Gasteiger partial charge < -0.3 is 10.2 Å². The Labute approximate surface area is 124 Å². The van der Waals surface area contributed by atoms with Gasteiger partial charge in [-0.1, -0.05) is 24.3 Å². The molecule has 1 aromatic carbocycles. The second kappa shape index (κ2) is 5.69. The fourth-order valence-electron chi connectivity index (χ4n) is 2.82. The van der Waals surface area contributed by atoms with E-state index >= 15 is 0 Å². The van der Waals surface area contributed by atoms with Crippen molar-refractivity contribution in [3.63, 3.8) is 0 Å². The Kier molecular flexibility index (Phi) is 3.75. The lowest BCUT2D eigenvalue weighted by Crippen LogP contribution is -2.18. The second-order valence-electron chi connectivity index (χ2n) is 5.39. The molecule has 1 aromatic heterocycles. The summed E-state index contributed by atoms with van der Waals surface area (Å²) in [7, 11) is 0. The number of aryl methyl sites for hydroxylation is 2. The standard InChI is InChI=1S/C16H20N4O/c1-10-15(20-17)18-11(2)19-16(10)21-14-9-5-7-12-6-3-4-8-13(12)14/h3-4,6,8,14H,5,7,9,17H2,1-2H3,(H,18,19,20). The second-order valence-corrected chi connectivity index (χ2v) is 5.39. The zero-order valence-corrected chi connectivity index (χ0v) is 12.4. The molecule has 110 valence electrons. The van der Waals surface area contributed by atoms with E-state index in [1.165, 1.54) is 11.1 Å². The van der Waals surface area contributed by atoms with Gasteiger partial charge in [0.25, 0.3) is 0 Å². The summed E-state index contributed by atoms with van der Waals surface area (Å²) < 4.78 is 6.19. The van der Waals surface area contributed by atoms with Gasteiger partial charge in [0.15, 0.2) is 0 Å². The zero-order chi connectivity index (χ0) is 14.8. The number of aromatic nitrogens is 2. The third-order valence-corrected chi connectivity index (χ3v) is 3.92. The van der Waals surface area contributed by atoms with Gasteiger partial charge in [0.1, 0.15) is 17.7 Å². The minimum atomic E-state index is 0.0496. The number of rotatable bonds is 3. The predicted octanol–water partition coefficient (Wildman–Crippen LogP) is 2.84. The van der Waals surface area contributed by atoms with Crippen LogP contribution in [0.15, 0.2) is 24.3 Å². The first-order valence-electron chi connectivity index (χ1n) is 7.25. The number of benzene rings is 1. The number of anilines is 1. The molecule has 21 heavy (non-hydrogen) atoms. The van der Waals surface area contributed by atoms with Gasteiger partial charge in [0.2, 0.25) is 5.88 Å². The molecule has 5 nitrogen and oxygen atoms in total. The first kappa shape index (κ1) is 13.8. The molecule has 0 amide bonds. The lowest BCUT2D eigenvalue weighted by Gasteiger charge is -2.26. The smallest absolute Gasteiger partial charge is 0.222 e. The van der Waals surface area contributed by atoms with E-state index < -0.39 is 0 Å². The number of hydrazine groups is 1. The van der Waals surface area contributed by atoms with Crippen LogP contribution < -0.4 is 16.0 Å². The van der Waals surface area contributed by atoms with Gasteiger partial charge in [-0.2, -0.15) is 4.98 Å². The average molecular weight is 284 g/mol. The third-order valence-electron chi connectivity index (χ3n) is 3.92. The highest BCUT2D eigenvalue weighted by Crippen LogP contribution is 2.34. The summed E-state index contributed by atoms with van der Waals surface area (Å²) in [6, 6.07) is 8.46. The van der Waals surface area contributed by atoms with Gasteiger partial charge in [-0.3, -0.25) is 0 Å². The molecule has 0 aliphatic heterocycles. The number of hydrogen-bond donors (Lipinski definition) is 2. The number of ether oxygens (including phenoxy) is 1. The number of hydrogen-bond acceptors (Lipinski definition) is 5. The topological polar surface area (TPSA) is 73.1 Å². The van der Waals surface area contributed by atoms with Gasteiger partial charge in [0.05, 0.1) is 5.56 Å². The van der Waals surface area contributed by atoms with Crippen LogP contribution in [0.3, 0.4) is 0 Å². The SMILES string of the molecule is Cc1nc(NN)c(C)c(OC2CCCc3ccccc32)n1. The molecule has 1 heterocycles. The van der Waals surface area contributed by atoms with Crippen LogP contribution >= 0.6 is 0 Å². The van der Waals surface area contributed by atoms with E-state index in [1.807, 2.05) is 13.8 Å². The lowest BCUT2D eigenvalue weighted by molar-refractivity contribution is 0.174. The van der Waals surface area contributed by atoms with Crippen LogP contribution in [0.4, 0.5) is 5.82 Å². The summed E-state index contributed by atoms with van der Waals surface area (Å²) in [6.07, 6.45) is 3.30. The maximum absolute atomic E-state index is 6.19. The number of nitrogen functional groups attached to an aromatic ring is 1. The van der Waals surface area contributed by atoms with Crippen LogP contribution in [-0.4, -0.2) is 9.97 Å². The number of fused-ring (bicyclic) bond motifs is 1. The highest BCUT2D eigenvalue weighted by molar-refractivity contribution is 5.47. The van der Waals surface area contributed by atoms with Gasteiger partial charge in [-0.15, -0.1) is 0 Å². The van der Waals surface area contributed by atoms with Gasteiger partial charge in [-0.25, -0.2) is 10.8 Å². The van der Waals surface area contributed by atoms with Crippen LogP contribution in [0.1, 0.15) is 41.5 Å². The van der Waals surface area contributed by atoms with Crippen molar-refractivity contribution in [2.75, 3.05) is 5.43 Å². The summed E-state index contributed by atoms with van der Waals surface area (Å²) in [6.45, 7) is 3.75. The van der Waals surface area contributed by atoms with Crippen molar-refractivity contribution >= 4 is 5.82 Å². The molecule has 0 spiro atoms. The molecular formula is C16H20N4O. The van der Waals surface area contributed by atoms with Crippen molar-refractivity contribution in [1.82, 2.24) is 9.97 Å². The molecule has 5 heteroatoms. The van der Waals surface area contributed by atoms with Crippen LogP contribution in [0.25, 0.3) is 0 Å². The van der Waals surface area contributed by atoms with Gasteiger partial charge in [-0.05, 0) is 44.2 Å². The summed E-state index contributed by atoms with van der Waals surface area (Å²) >= 11 is 0. The van der Waals surface area contributed by atoms with Crippen LogP contribution in [-0.2, 0) is 6.42 Å². The minimum Gasteiger partial charge on any atom is -0.469 e. The molecule has 1 unspecified atom stereocenters.